The largest absolute Gasteiger partial charge is 0.374 e. The van der Waals surface area contributed by atoms with Crippen LogP contribution in [0.1, 0.15) is 48.9 Å². The number of rotatable bonds is 2. The lowest BCUT2D eigenvalue weighted by molar-refractivity contribution is 0.448. The summed E-state index contributed by atoms with van der Waals surface area (Å²) in [7, 11) is 0. The van der Waals surface area contributed by atoms with Crippen LogP contribution in [0.3, 0.4) is 0 Å². The molecule has 3 aliphatic rings. The number of hydrogen-bond donors (Lipinski definition) is 2. The van der Waals surface area contributed by atoms with Crippen LogP contribution in [0.2, 0.25) is 0 Å². The molecule has 2 aliphatic carbocycles. The van der Waals surface area contributed by atoms with E-state index in [-0.39, 0.29) is 12.1 Å². The van der Waals surface area contributed by atoms with Gasteiger partial charge in [-0.3, -0.25) is 9.98 Å². The Morgan fingerprint density at radius 2 is 0.947 bits per heavy atom. The van der Waals surface area contributed by atoms with E-state index >= 15 is 0 Å². The summed E-state index contributed by atoms with van der Waals surface area (Å²) >= 11 is 0. The molecule has 2 aromatic carbocycles. The molecule has 192 valence electrons. The number of hydrogen-bond acceptors (Lipinski definition) is 4. The smallest absolute Gasteiger partial charge is 0.0805 e. The summed E-state index contributed by atoms with van der Waals surface area (Å²) in [5.41, 5.74) is 6.45. The van der Waals surface area contributed by atoms with E-state index in [0.717, 1.165) is 61.6 Å². The third-order valence-electron chi connectivity index (χ3n) is 6.93. The van der Waals surface area contributed by atoms with Gasteiger partial charge in [-0.1, -0.05) is 110 Å². The Morgan fingerprint density at radius 1 is 0.500 bits per heavy atom. The Bertz CT molecular complexity index is 1200. The predicted octanol–water partition coefficient (Wildman–Crippen LogP) is 7.12. The molecular formula is C34H36N4. The number of benzene rings is 2. The summed E-state index contributed by atoms with van der Waals surface area (Å²) < 4.78 is 0. The minimum Gasteiger partial charge on any atom is -0.374 e. The summed E-state index contributed by atoms with van der Waals surface area (Å²) in [6.45, 7) is 1.65. The number of nitrogens with zero attached hydrogens (tertiary/aromatic N) is 2. The van der Waals surface area contributed by atoms with Crippen molar-refractivity contribution >= 4 is 11.4 Å². The highest BCUT2D eigenvalue weighted by molar-refractivity contribution is 6.09. The fourth-order valence-electron chi connectivity index (χ4n) is 4.95. The molecule has 38 heavy (non-hydrogen) atoms. The molecule has 4 nitrogen and oxygen atoms in total. The molecule has 1 heterocycles. The summed E-state index contributed by atoms with van der Waals surface area (Å²) in [5, 5.41) is 7.83. The van der Waals surface area contributed by atoms with Gasteiger partial charge in [0.15, 0.2) is 0 Å². The Kier molecular flexibility index (Phi) is 8.97. The molecule has 0 saturated carbocycles. The molecular weight excluding hydrogens is 464 g/mol. The van der Waals surface area contributed by atoms with Gasteiger partial charge in [-0.25, -0.2) is 0 Å². The zero-order chi connectivity index (χ0) is 25.8. The lowest BCUT2D eigenvalue weighted by Crippen LogP contribution is -2.37. The van der Waals surface area contributed by atoms with Crippen LogP contribution in [0.15, 0.2) is 143 Å². The van der Waals surface area contributed by atoms with Crippen LogP contribution in [-0.2, 0) is 0 Å². The maximum Gasteiger partial charge on any atom is 0.0805 e. The first-order valence-corrected chi connectivity index (χ1v) is 13.7. The molecule has 0 bridgehead atoms. The van der Waals surface area contributed by atoms with Crippen LogP contribution in [-0.4, -0.2) is 24.5 Å². The maximum absolute atomic E-state index is 5.02. The van der Waals surface area contributed by atoms with E-state index in [4.69, 9.17) is 9.98 Å². The molecule has 0 aromatic heterocycles. The number of allylic oxidation sites excluding steroid dienone is 10. The molecule has 0 saturated heterocycles. The van der Waals surface area contributed by atoms with E-state index in [0.29, 0.717) is 0 Å². The second kappa shape index (κ2) is 13.4. The van der Waals surface area contributed by atoms with Crippen LogP contribution in [0.4, 0.5) is 0 Å². The highest BCUT2D eigenvalue weighted by Gasteiger charge is 2.28. The Balaban J connectivity index is 1.62. The third-order valence-corrected chi connectivity index (χ3v) is 6.93. The molecule has 0 spiro atoms. The Morgan fingerprint density at radius 3 is 1.39 bits per heavy atom. The second-order valence-electron chi connectivity index (χ2n) is 9.66. The zero-order valence-electron chi connectivity index (χ0n) is 21.8. The first kappa shape index (κ1) is 25.5. The summed E-state index contributed by atoms with van der Waals surface area (Å²) in [5.74, 6) is 0. The van der Waals surface area contributed by atoms with Gasteiger partial charge in [-0.2, -0.15) is 0 Å². The van der Waals surface area contributed by atoms with Crippen molar-refractivity contribution < 1.29 is 0 Å². The zero-order valence-corrected chi connectivity index (χ0v) is 21.8. The van der Waals surface area contributed by atoms with E-state index in [2.05, 4.69) is 132 Å². The van der Waals surface area contributed by atoms with Gasteiger partial charge in [-0.05, 0) is 48.3 Å². The normalized spacial score (nSPS) is 22.2. The molecule has 1 aliphatic heterocycles. The van der Waals surface area contributed by atoms with Crippen LogP contribution in [0.5, 0.6) is 0 Å². The molecule has 2 N–H and O–H groups in total. The predicted molar refractivity (Wildman–Crippen MR) is 160 cm³/mol. The third kappa shape index (κ3) is 6.77. The average molecular weight is 501 g/mol. The van der Waals surface area contributed by atoms with E-state index in [1.54, 1.807) is 0 Å². The van der Waals surface area contributed by atoms with E-state index in [1.165, 1.54) is 11.1 Å². The monoisotopic (exact) mass is 500 g/mol. The van der Waals surface area contributed by atoms with Crippen LogP contribution in [0.25, 0.3) is 0 Å². The highest BCUT2D eigenvalue weighted by Crippen LogP contribution is 2.32. The highest BCUT2D eigenvalue weighted by atomic mass is 15.1. The van der Waals surface area contributed by atoms with Crippen molar-refractivity contribution in [2.24, 2.45) is 9.98 Å². The van der Waals surface area contributed by atoms with Gasteiger partial charge in [0.25, 0.3) is 0 Å². The van der Waals surface area contributed by atoms with Crippen LogP contribution in [0, 0.1) is 0 Å². The van der Waals surface area contributed by atoms with Gasteiger partial charge in [-0.15, -0.1) is 0 Å². The van der Waals surface area contributed by atoms with Crippen molar-refractivity contribution in [2.75, 3.05) is 13.1 Å². The SMILES string of the molecule is C1=CC=C2NC(c3ccccc3)[C@@H](c3ccccc3)NC3=CC=CC=CC3=NCCCCCCN=C2C=C1. The summed E-state index contributed by atoms with van der Waals surface area (Å²) in [6, 6.07) is 21.2. The van der Waals surface area contributed by atoms with Crippen molar-refractivity contribution in [2.45, 2.75) is 37.8 Å². The minimum absolute atomic E-state index is 0.0683. The van der Waals surface area contributed by atoms with Crippen molar-refractivity contribution in [3.8, 4) is 0 Å². The lowest BCUT2D eigenvalue weighted by Gasteiger charge is -2.33. The molecule has 0 radical (unpaired) electrons. The number of nitrogens with one attached hydrogen (secondary N) is 2. The number of aliphatic imine (C=N–C) groups is 2. The van der Waals surface area contributed by atoms with Gasteiger partial charge in [0.1, 0.15) is 0 Å². The fourth-order valence-corrected chi connectivity index (χ4v) is 4.95. The summed E-state index contributed by atoms with van der Waals surface area (Å²) in [6.07, 6.45) is 25.5. The average Bonchev–Trinajstić information content (AvgIpc) is 3.32. The first-order chi connectivity index (χ1) is 18.9. The van der Waals surface area contributed by atoms with Gasteiger partial charge in [0.05, 0.1) is 34.9 Å². The standard InChI is InChI=1S/C34H36N4/c1-2-16-26-36-30-22-12-6-14-24-32(30)38-34(28-19-9-4-10-20-28)33(27-17-7-3-8-18-27)37-31-23-13-5-11-21-29(31)35-25-15-1/h3-14,17-24,33-34,37-38H,1-2,15-16,25-26H2/t33-,34?/m1/s1. The van der Waals surface area contributed by atoms with Crippen molar-refractivity contribution in [3.63, 3.8) is 0 Å². The van der Waals surface area contributed by atoms with E-state index in [9.17, 15) is 0 Å². The molecule has 0 fully saturated rings. The molecule has 1 unspecified atom stereocenters. The van der Waals surface area contributed by atoms with Crippen molar-refractivity contribution in [3.05, 3.63) is 144 Å². The molecule has 2 aromatic rings. The van der Waals surface area contributed by atoms with E-state index < -0.39 is 0 Å². The molecule has 0 amide bonds. The summed E-state index contributed by atoms with van der Waals surface area (Å²) in [4.78, 5) is 10.0. The molecule has 4 heteroatoms. The van der Waals surface area contributed by atoms with Gasteiger partial charge in [0.2, 0.25) is 0 Å². The van der Waals surface area contributed by atoms with Gasteiger partial charge < -0.3 is 10.6 Å². The van der Waals surface area contributed by atoms with Crippen LogP contribution < -0.4 is 10.6 Å². The second-order valence-corrected chi connectivity index (χ2v) is 9.66. The Hall–Kier alpha value is -4.18. The Labute approximate surface area is 226 Å². The number of fused-ring (bicyclic) bond motifs is 2. The van der Waals surface area contributed by atoms with Crippen molar-refractivity contribution in [1.82, 2.24) is 10.6 Å². The lowest BCUT2D eigenvalue weighted by atomic mass is 9.92. The topological polar surface area (TPSA) is 48.8 Å². The minimum atomic E-state index is -0.0683. The van der Waals surface area contributed by atoms with E-state index in [1.807, 2.05) is 0 Å². The van der Waals surface area contributed by atoms with Crippen molar-refractivity contribution in [1.29, 1.82) is 0 Å². The van der Waals surface area contributed by atoms with Gasteiger partial charge >= 0.3 is 0 Å². The van der Waals surface area contributed by atoms with Gasteiger partial charge in [0, 0.05) is 13.1 Å². The fraction of sp³-hybridized carbons (Fsp3) is 0.235. The van der Waals surface area contributed by atoms with Crippen LogP contribution >= 0.6 is 0 Å². The molecule has 5 rings (SSSR count). The first-order valence-electron chi connectivity index (χ1n) is 13.7. The molecule has 2 atom stereocenters. The quantitative estimate of drug-likeness (QED) is 0.461. The maximum atomic E-state index is 5.02.